The first-order chi connectivity index (χ1) is 7.31. The Morgan fingerprint density at radius 3 is 2.53 bits per heavy atom. The van der Waals surface area contributed by atoms with E-state index in [1.165, 1.54) is 5.56 Å². The molecule has 0 aromatic heterocycles. The lowest BCUT2D eigenvalue weighted by Gasteiger charge is -2.19. The van der Waals surface area contributed by atoms with E-state index in [1.807, 2.05) is 18.2 Å². The zero-order valence-corrected chi connectivity index (χ0v) is 9.48. The Kier molecular flexibility index (Phi) is 4.84. The van der Waals surface area contributed by atoms with Gasteiger partial charge in [-0.1, -0.05) is 38.1 Å². The van der Waals surface area contributed by atoms with Crippen LogP contribution in [0.25, 0.3) is 0 Å². The molecule has 0 fully saturated rings. The lowest BCUT2D eigenvalue weighted by Crippen LogP contribution is -2.22. The van der Waals surface area contributed by atoms with Crippen LogP contribution in [0.15, 0.2) is 29.4 Å². The average Bonchev–Trinajstić information content (AvgIpc) is 2.28. The summed E-state index contributed by atoms with van der Waals surface area (Å²) < 4.78 is 0. The van der Waals surface area contributed by atoms with Crippen molar-refractivity contribution in [2.45, 2.75) is 20.4 Å². The SMILES string of the molecule is CCN(CC)Cc1ccccc1C=NN. The smallest absolute Gasteiger partial charge is 0.0541 e. The van der Waals surface area contributed by atoms with Crippen LogP contribution in [0.1, 0.15) is 25.0 Å². The first-order valence-corrected chi connectivity index (χ1v) is 5.35. The Hall–Kier alpha value is -1.35. The Labute approximate surface area is 91.6 Å². The summed E-state index contributed by atoms with van der Waals surface area (Å²) in [6, 6.07) is 8.21. The van der Waals surface area contributed by atoms with Crippen molar-refractivity contribution in [2.75, 3.05) is 13.1 Å². The molecule has 3 nitrogen and oxygen atoms in total. The number of benzene rings is 1. The van der Waals surface area contributed by atoms with E-state index in [4.69, 9.17) is 5.84 Å². The molecule has 0 atom stereocenters. The van der Waals surface area contributed by atoms with Gasteiger partial charge >= 0.3 is 0 Å². The largest absolute Gasteiger partial charge is 0.323 e. The topological polar surface area (TPSA) is 41.6 Å². The molecule has 0 saturated heterocycles. The highest BCUT2D eigenvalue weighted by molar-refractivity contribution is 5.81. The molecule has 1 aromatic rings. The van der Waals surface area contributed by atoms with Gasteiger partial charge in [0.1, 0.15) is 0 Å². The fourth-order valence-corrected chi connectivity index (χ4v) is 1.57. The van der Waals surface area contributed by atoms with Crippen molar-refractivity contribution in [3.8, 4) is 0 Å². The fraction of sp³-hybridized carbons (Fsp3) is 0.417. The predicted molar refractivity (Wildman–Crippen MR) is 64.8 cm³/mol. The molecule has 3 heteroatoms. The van der Waals surface area contributed by atoms with Gasteiger partial charge in [0.15, 0.2) is 0 Å². The Balaban J connectivity index is 2.83. The van der Waals surface area contributed by atoms with E-state index in [2.05, 4.69) is 29.9 Å². The summed E-state index contributed by atoms with van der Waals surface area (Å²) in [4.78, 5) is 2.36. The molecule has 82 valence electrons. The van der Waals surface area contributed by atoms with Crippen LogP contribution in [0.3, 0.4) is 0 Å². The molecule has 1 aromatic carbocycles. The van der Waals surface area contributed by atoms with Crippen LogP contribution in [0, 0.1) is 0 Å². The van der Waals surface area contributed by atoms with E-state index in [-0.39, 0.29) is 0 Å². The van der Waals surface area contributed by atoms with Crippen molar-refractivity contribution in [3.63, 3.8) is 0 Å². The third-order valence-corrected chi connectivity index (χ3v) is 2.56. The van der Waals surface area contributed by atoms with Crippen molar-refractivity contribution in [1.29, 1.82) is 0 Å². The first kappa shape index (κ1) is 11.7. The highest BCUT2D eigenvalue weighted by Crippen LogP contribution is 2.09. The maximum atomic E-state index is 5.18. The van der Waals surface area contributed by atoms with E-state index in [1.54, 1.807) is 6.21 Å². The maximum Gasteiger partial charge on any atom is 0.0541 e. The molecule has 0 amide bonds. The highest BCUT2D eigenvalue weighted by atomic mass is 15.1. The van der Waals surface area contributed by atoms with E-state index in [9.17, 15) is 0 Å². The van der Waals surface area contributed by atoms with Gasteiger partial charge in [0, 0.05) is 6.54 Å². The minimum absolute atomic E-state index is 0.954. The van der Waals surface area contributed by atoms with Gasteiger partial charge in [0.25, 0.3) is 0 Å². The lowest BCUT2D eigenvalue weighted by molar-refractivity contribution is 0.296. The maximum absolute atomic E-state index is 5.18. The second kappa shape index (κ2) is 6.19. The van der Waals surface area contributed by atoms with Crippen LogP contribution in [-0.2, 0) is 6.54 Å². The third kappa shape index (κ3) is 3.36. The van der Waals surface area contributed by atoms with Crippen molar-refractivity contribution in [2.24, 2.45) is 10.9 Å². The lowest BCUT2D eigenvalue weighted by atomic mass is 10.1. The van der Waals surface area contributed by atoms with Gasteiger partial charge in [0.2, 0.25) is 0 Å². The minimum Gasteiger partial charge on any atom is -0.323 e. The number of hydrogen-bond donors (Lipinski definition) is 1. The van der Waals surface area contributed by atoms with Gasteiger partial charge in [-0.15, -0.1) is 0 Å². The van der Waals surface area contributed by atoms with Crippen molar-refractivity contribution in [1.82, 2.24) is 4.90 Å². The Bertz CT molecular complexity index is 316. The van der Waals surface area contributed by atoms with E-state index in [0.717, 1.165) is 25.2 Å². The summed E-state index contributed by atoms with van der Waals surface area (Å²) in [5, 5.41) is 3.58. The molecule has 0 saturated carbocycles. The van der Waals surface area contributed by atoms with Crippen LogP contribution < -0.4 is 5.84 Å². The molecule has 0 spiro atoms. The van der Waals surface area contributed by atoms with Crippen LogP contribution in [0.2, 0.25) is 0 Å². The summed E-state index contributed by atoms with van der Waals surface area (Å²) in [6.45, 7) is 7.41. The molecule has 0 radical (unpaired) electrons. The molecule has 2 N–H and O–H groups in total. The molecular formula is C12H19N3. The highest BCUT2D eigenvalue weighted by Gasteiger charge is 2.03. The summed E-state index contributed by atoms with van der Waals surface area (Å²) in [6.07, 6.45) is 1.71. The normalized spacial score (nSPS) is 11.4. The van der Waals surface area contributed by atoms with Crippen LogP contribution >= 0.6 is 0 Å². The first-order valence-electron chi connectivity index (χ1n) is 5.35. The predicted octanol–water partition coefficient (Wildman–Crippen LogP) is 1.82. The quantitative estimate of drug-likeness (QED) is 0.452. The Morgan fingerprint density at radius 1 is 1.27 bits per heavy atom. The second-order valence-electron chi connectivity index (χ2n) is 3.44. The number of nitrogens with two attached hydrogens (primary N) is 1. The molecule has 0 aliphatic carbocycles. The van der Waals surface area contributed by atoms with Gasteiger partial charge in [-0.2, -0.15) is 5.10 Å². The van der Waals surface area contributed by atoms with Gasteiger partial charge in [0.05, 0.1) is 6.21 Å². The van der Waals surface area contributed by atoms with Gasteiger partial charge < -0.3 is 5.84 Å². The van der Waals surface area contributed by atoms with E-state index >= 15 is 0 Å². The number of hydrazone groups is 1. The van der Waals surface area contributed by atoms with E-state index < -0.39 is 0 Å². The van der Waals surface area contributed by atoms with Crippen molar-refractivity contribution in [3.05, 3.63) is 35.4 Å². The van der Waals surface area contributed by atoms with Crippen molar-refractivity contribution >= 4 is 6.21 Å². The molecule has 0 aliphatic heterocycles. The summed E-state index contributed by atoms with van der Waals surface area (Å²) in [5.74, 6) is 5.18. The van der Waals surface area contributed by atoms with Gasteiger partial charge in [-0.3, -0.25) is 4.90 Å². The number of hydrogen-bond acceptors (Lipinski definition) is 3. The summed E-state index contributed by atoms with van der Waals surface area (Å²) in [5.41, 5.74) is 2.38. The second-order valence-corrected chi connectivity index (χ2v) is 3.44. The van der Waals surface area contributed by atoms with Crippen molar-refractivity contribution < 1.29 is 0 Å². The van der Waals surface area contributed by atoms with Gasteiger partial charge in [-0.05, 0) is 24.2 Å². The number of nitrogens with zero attached hydrogens (tertiary/aromatic N) is 2. The van der Waals surface area contributed by atoms with E-state index in [0.29, 0.717) is 0 Å². The molecule has 0 unspecified atom stereocenters. The number of rotatable bonds is 5. The monoisotopic (exact) mass is 205 g/mol. The van der Waals surface area contributed by atoms with Crippen LogP contribution in [0.5, 0.6) is 0 Å². The Morgan fingerprint density at radius 2 is 1.93 bits per heavy atom. The molecular weight excluding hydrogens is 186 g/mol. The molecule has 0 heterocycles. The van der Waals surface area contributed by atoms with Crippen LogP contribution in [0.4, 0.5) is 0 Å². The average molecular weight is 205 g/mol. The molecule has 0 aliphatic rings. The minimum atomic E-state index is 0.954. The third-order valence-electron chi connectivity index (χ3n) is 2.56. The standard InChI is InChI=1S/C12H19N3/c1-3-15(4-2)10-12-8-6-5-7-11(12)9-14-13/h5-9H,3-4,10,13H2,1-2H3. The molecule has 15 heavy (non-hydrogen) atoms. The van der Waals surface area contributed by atoms with Gasteiger partial charge in [-0.25, -0.2) is 0 Å². The van der Waals surface area contributed by atoms with Crippen LogP contribution in [-0.4, -0.2) is 24.2 Å². The zero-order valence-electron chi connectivity index (χ0n) is 9.48. The summed E-state index contributed by atoms with van der Waals surface area (Å²) in [7, 11) is 0. The zero-order chi connectivity index (χ0) is 11.1. The molecule has 1 rings (SSSR count). The summed E-state index contributed by atoms with van der Waals surface area (Å²) >= 11 is 0. The fourth-order valence-electron chi connectivity index (χ4n) is 1.57. The molecule has 0 bridgehead atoms.